The van der Waals surface area contributed by atoms with Gasteiger partial charge in [-0.05, 0) is 24.1 Å². The van der Waals surface area contributed by atoms with Gasteiger partial charge in [-0.3, -0.25) is 0 Å². The third-order valence-electron chi connectivity index (χ3n) is 3.28. The SMILES string of the molecule is CCC(N)Cc1nc(Cc2ccc(OC)c(OC)c2)no1. The van der Waals surface area contributed by atoms with Gasteiger partial charge in [0.2, 0.25) is 5.89 Å². The summed E-state index contributed by atoms with van der Waals surface area (Å²) < 4.78 is 15.7. The molecule has 0 aliphatic carbocycles. The zero-order valence-electron chi connectivity index (χ0n) is 12.6. The Bertz CT molecular complexity index is 583. The van der Waals surface area contributed by atoms with Gasteiger partial charge in [-0.2, -0.15) is 4.98 Å². The zero-order valence-corrected chi connectivity index (χ0v) is 12.6. The first-order valence-corrected chi connectivity index (χ1v) is 6.94. The predicted molar refractivity (Wildman–Crippen MR) is 78.6 cm³/mol. The van der Waals surface area contributed by atoms with Crippen LogP contribution in [0.25, 0.3) is 0 Å². The average molecular weight is 291 g/mol. The van der Waals surface area contributed by atoms with Crippen LogP contribution in [0.15, 0.2) is 22.7 Å². The van der Waals surface area contributed by atoms with Gasteiger partial charge in [0.1, 0.15) is 0 Å². The topological polar surface area (TPSA) is 83.4 Å². The van der Waals surface area contributed by atoms with E-state index in [-0.39, 0.29) is 6.04 Å². The van der Waals surface area contributed by atoms with Gasteiger partial charge in [0.05, 0.1) is 14.2 Å². The van der Waals surface area contributed by atoms with Crippen molar-refractivity contribution in [2.24, 2.45) is 5.73 Å². The third-order valence-corrected chi connectivity index (χ3v) is 3.28. The van der Waals surface area contributed by atoms with E-state index in [1.807, 2.05) is 25.1 Å². The maximum absolute atomic E-state index is 5.88. The van der Waals surface area contributed by atoms with E-state index < -0.39 is 0 Å². The molecule has 6 nitrogen and oxygen atoms in total. The van der Waals surface area contributed by atoms with Crippen LogP contribution in [0, 0.1) is 0 Å². The first-order valence-electron chi connectivity index (χ1n) is 6.94. The highest BCUT2D eigenvalue weighted by Crippen LogP contribution is 2.28. The molecule has 0 aliphatic heterocycles. The summed E-state index contributed by atoms with van der Waals surface area (Å²) in [5, 5.41) is 3.98. The van der Waals surface area contributed by atoms with Gasteiger partial charge in [0.15, 0.2) is 17.3 Å². The van der Waals surface area contributed by atoms with Crippen LogP contribution in [0.1, 0.15) is 30.6 Å². The minimum absolute atomic E-state index is 0.0550. The van der Waals surface area contributed by atoms with E-state index in [9.17, 15) is 0 Å². The van der Waals surface area contributed by atoms with Crippen LogP contribution in [-0.2, 0) is 12.8 Å². The Hall–Kier alpha value is -2.08. The van der Waals surface area contributed by atoms with Crippen molar-refractivity contribution in [3.8, 4) is 11.5 Å². The number of benzene rings is 1. The van der Waals surface area contributed by atoms with E-state index in [2.05, 4.69) is 10.1 Å². The molecule has 1 aromatic carbocycles. The van der Waals surface area contributed by atoms with Gasteiger partial charge in [-0.25, -0.2) is 0 Å². The van der Waals surface area contributed by atoms with E-state index in [4.69, 9.17) is 19.7 Å². The standard InChI is InChI=1S/C15H21N3O3/c1-4-11(16)9-15-17-14(18-21-15)8-10-5-6-12(19-2)13(7-10)20-3/h5-7,11H,4,8-9,16H2,1-3H3. The van der Waals surface area contributed by atoms with Crippen LogP contribution in [0.4, 0.5) is 0 Å². The Balaban J connectivity index is 2.08. The molecule has 0 radical (unpaired) electrons. The van der Waals surface area contributed by atoms with Gasteiger partial charge in [-0.15, -0.1) is 0 Å². The number of aromatic nitrogens is 2. The largest absolute Gasteiger partial charge is 0.493 e. The van der Waals surface area contributed by atoms with Gasteiger partial charge < -0.3 is 19.7 Å². The van der Waals surface area contributed by atoms with Gasteiger partial charge >= 0.3 is 0 Å². The van der Waals surface area contributed by atoms with Crippen molar-refractivity contribution in [2.45, 2.75) is 32.2 Å². The van der Waals surface area contributed by atoms with Crippen molar-refractivity contribution >= 4 is 0 Å². The highest BCUT2D eigenvalue weighted by molar-refractivity contribution is 5.43. The van der Waals surface area contributed by atoms with Gasteiger partial charge in [0, 0.05) is 18.9 Å². The number of methoxy groups -OCH3 is 2. The molecule has 0 aliphatic rings. The Labute approximate surface area is 124 Å². The fraction of sp³-hybridized carbons (Fsp3) is 0.467. The second-order valence-electron chi connectivity index (χ2n) is 4.84. The van der Waals surface area contributed by atoms with Crippen molar-refractivity contribution in [3.05, 3.63) is 35.5 Å². The molecule has 0 bridgehead atoms. The molecule has 0 saturated carbocycles. The molecule has 0 spiro atoms. The molecular weight excluding hydrogens is 270 g/mol. The van der Waals surface area contributed by atoms with E-state index in [1.165, 1.54) is 0 Å². The first kappa shape index (κ1) is 15.3. The Morgan fingerprint density at radius 1 is 1.24 bits per heavy atom. The van der Waals surface area contributed by atoms with E-state index in [0.29, 0.717) is 36.1 Å². The number of rotatable bonds is 7. The second kappa shape index (κ2) is 7.08. The number of hydrogen-bond donors (Lipinski definition) is 1. The van der Waals surface area contributed by atoms with Crippen LogP contribution in [0.3, 0.4) is 0 Å². The molecule has 21 heavy (non-hydrogen) atoms. The lowest BCUT2D eigenvalue weighted by atomic mass is 10.1. The Morgan fingerprint density at radius 3 is 2.67 bits per heavy atom. The molecule has 1 unspecified atom stereocenters. The van der Waals surface area contributed by atoms with E-state index >= 15 is 0 Å². The molecule has 1 heterocycles. The molecule has 2 N–H and O–H groups in total. The lowest BCUT2D eigenvalue weighted by Crippen LogP contribution is -2.21. The van der Waals surface area contributed by atoms with E-state index in [0.717, 1.165) is 12.0 Å². The number of nitrogens with zero attached hydrogens (tertiary/aromatic N) is 2. The summed E-state index contributed by atoms with van der Waals surface area (Å²) in [6, 6.07) is 5.78. The fourth-order valence-corrected chi connectivity index (χ4v) is 1.99. The number of nitrogens with two attached hydrogens (primary N) is 1. The lowest BCUT2D eigenvalue weighted by Gasteiger charge is -2.08. The summed E-state index contributed by atoms with van der Waals surface area (Å²) in [6.45, 7) is 2.03. The van der Waals surface area contributed by atoms with Crippen molar-refractivity contribution in [3.63, 3.8) is 0 Å². The molecule has 0 amide bonds. The lowest BCUT2D eigenvalue weighted by molar-refractivity contribution is 0.354. The molecule has 2 aromatic rings. The van der Waals surface area contributed by atoms with Crippen LogP contribution >= 0.6 is 0 Å². The molecule has 114 valence electrons. The Kier molecular flexibility index (Phi) is 5.16. The van der Waals surface area contributed by atoms with Crippen LogP contribution in [0.5, 0.6) is 11.5 Å². The predicted octanol–water partition coefficient (Wildman–Crippen LogP) is 1.96. The maximum Gasteiger partial charge on any atom is 0.228 e. The third kappa shape index (κ3) is 3.95. The van der Waals surface area contributed by atoms with Gasteiger partial charge in [0.25, 0.3) is 0 Å². The minimum atomic E-state index is 0.0550. The summed E-state index contributed by atoms with van der Waals surface area (Å²) in [7, 11) is 3.22. The summed E-state index contributed by atoms with van der Waals surface area (Å²) in [6.07, 6.45) is 2.06. The fourth-order valence-electron chi connectivity index (χ4n) is 1.99. The average Bonchev–Trinajstić information content (AvgIpc) is 2.93. The number of hydrogen-bond acceptors (Lipinski definition) is 6. The highest BCUT2D eigenvalue weighted by atomic mass is 16.5. The quantitative estimate of drug-likeness (QED) is 0.839. The van der Waals surface area contributed by atoms with Gasteiger partial charge in [-0.1, -0.05) is 18.1 Å². The monoisotopic (exact) mass is 291 g/mol. The summed E-state index contributed by atoms with van der Waals surface area (Å²) in [5.41, 5.74) is 6.91. The highest BCUT2D eigenvalue weighted by Gasteiger charge is 2.12. The molecule has 1 atom stereocenters. The van der Waals surface area contributed by atoms with Crippen molar-refractivity contribution < 1.29 is 14.0 Å². The molecule has 1 aromatic heterocycles. The molecule has 0 saturated heterocycles. The van der Waals surface area contributed by atoms with Crippen molar-refractivity contribution in [1.82, 2.24) is 10.1 Å². The maximum atomic E-state index is 5.88. The summed E-state index contributed by atoms with van der Waals surface area (Å²) in [5.74, 6) is 2.61. The second-order valence-corrected chi connectivity index (χ2v) is 4.84. The smallest absolute Gasteiger partial charge is 0.228 e. The summed E-state index contributed by atoms with van der Waals surface area (Å²) >= 11 is 0. The minimum Gasteiger partial charge on any atom is -0.493 e. The van der Waals surface area contributed by atoms with Crippen LogP contribution in [-0.4, -0.2) is 30.4 Å². The number of ether oxygens (including phenoxy) is 2. The van der Waals surface area contributed by atoms with Crippen molar-refractivity contribution in [1.29, 1.82) is 0 Å². The summed E-state index contributed by atoms with van der Waals surface area (Å²) in [4.78, 5) is 4.36. The molecule has 0 fully saturated rings. The molecule has 6 heteroatoms. The molecule has 2 rings (SSSR count). The van der Waals surface area contributed by atoms with Crippen LogP contribution < -0.4 is 15.2 Å². The zero-order chi connectivity index (χ0) is 15.2. The van der Waals surface area contributed by atoms with Crippen LogP contribution in [0.2, 0.25) is 0 Å². The first-order chi connectivity index (χ1) is 10.2. The van der Waals surface area contributed by atoms with E-state index in [1.54, 1.807) is 14.2 Å². The Morgan fingerprint density at radius 2 is 2.00 bits per heavy atom. The normalized spacial score (nSPS) is 12.2. The van der Waals surface area contributed by atoms with Crippen molar-refractivity contribution in [2.75, 3.05) is 14.2 Å². The molecular formula is C15H21N3O3.